The zero-order valence-electron chi connectivity index (χ0n) is 7.76. The third-order valence-corrected chi connectivity index (χ3v) is 2.14. The lowest BCUT2D eigenvalue weighted by Crippen LogP contribution is -2.27. The smallest absolute Gasteiger partial charge is 0.309 e. The van der Waals surface area contributed by atoms with E-state index in [1.807, 2.05) is 6.92 Å². The molecule has 68 valence electrons. The van der Waals surface area contributed by atoms with Crippen molar-refractivity contribution in [2.45, 2.75) is 39.5 Å². The minimum Gasteiger partial charge on any atom is -0.481 e. The molecule has 0 radical (unpaired) electrons. The first-order valence-electron chi connectivity index (χ1n) is 4.23. The van der Waals surface area contributed by atoms with Crippen LogP contribution in [0.2, 0.25) is 0 Å². The van der Waals surface area contributed by atoms with Gasteiger partial charge in [0.1, 0.15) is 0 Å². The molecule has 1 atom stereocenters. The van der Waals surface area contributed by atoms with Gasteiger partial charge in [0.2, 0.25) is 0 Å². The molecule has 0 aliphatic heterocycles. The Labute approximate surface area is 74.0 Å². The molecular weight excluding hydrogens is 152 g/mol. The molecule has 0 saturated carbocycles. The van der Waals surface area contributed by atoms with E-state index in [4.69, 9.17) is 11.5 Å². The Morgan fingerprint density at radius 2 is 2.17 bits per heavy atom. The Hall–Kier alpha value is -0.970. The van der Waals surface area contributed by atoms with Crippen LogP contribution < -0.4 is 0 Å². The molecule has 1 unspecified atom stereocenters. The molecule has 0 rings (SSSR count). The maximum absolute atomic E-state index is 10.8. The molecular formula is C10H16O2. The summed E-state index contributed by atoms with van der Waals surface area (Å²) in [5.41, 5.74) is -0.624. The fourth-order valence-electron chi connectivity index (χ4n) is 1.24. The largest absolute Gasteiger partial charge is 0.481 e. The average Bonchev–Trinajstić information content (AvgIpc) is 2.01. The first kappa shape index (κ1) is 11.0. The third kappa shape index (κ3) is 2.96. The second-order valence-electron chi connectivity index (χ2n) is 3.32. The Bertz CT molecular complexity index is 191. The van der Waals surface area contributed by atoms with Gasteiger partial charge < -0.3 is 5.11 Å². The molecule has 0 aliphatic rings. The lowest BCUT2D eigenvalue weighted by molar-refractivity contribution is -0.148. The molecule has 0 saturated heterocycles. The summed E-state index contributed by atoms with van der Waals surface area (Å²) in [4.78, 5) is 10.8. The number of rotatable bonds is 5. The second-order valence-corrected chi connectivity index (χ2v) is 3.32. The number of hydrogen-bond acceptors (Lipinski definition) is 1. The van der Waals surface area contributed by atoms with Crippen molar-refractivity contribution in [3.8, 4) is 12.3 Å². The van der Waals surface area contributed by atoms with Crippen molar-refractivity contribution in [3.63, 3.8) is 0 Å². The van der Waals surface area contributed by atoms with Crippen LogP contribution in [0.3, 0.4) is 0 Å². The third-order valence-electron chi connectivity index (χ3n) is 2.14. The number of carboxylic acids is 1. The van der Waals surface area contributed by atoms with Gasteiger partial charge in [0.15, 0.2) is 0 Å². The monoisotopic (exact) mass is 168 g/mol. The number of carbonyl (C=O) groups is 1. The summed E-state index contributed by atoms with van der Waals surface area (Å²) in [5, 5.41) is 8.92. The zero-order chi connectivity index (χ0) is 9.61. The van der Waals surface area contributed by atoms with Crippen molar-refractivity contribution in [1.82, 2.24) is 0 Å². The number of terminal acetylenes is 1. The van der Waals surface area contributed by atoms with Gasteiger partial charge >= 0.3 is 5.97 Å². The molecule has 0 bridgehead atoms. The fraction of sp³-hybridized carbons (Fsp3) is 0.700. The highest BCUT2D eigenvalue weighted by molar-refractivity contribution is 5.74. The van der Waals surface area contributed by atoms with Crippen LogP contribution >= 0.6 is 0 Å². The number of aliphatic carboxylic acids is 1. The maximum atomic E-state index is 10.8. The molecule has 0 amide bonds. The topological polar surface area (TPSA) is 37.3 Å². The quantitative estimate of drug-likeness (QED) is 0.639. The minimum absolute atomic E-state index is 0.544. The van der Waals surface area contributed by atoms with Crippen LogP contribution in [0.4, 0.5) is 0 Å². The van der Waals surface area contributed by atoms with Crippen LogP contribution in [0.5, 0.6) is 0 Å². The van der Waals surface area contributed by atoms with Gasteiger partial charge in [-0.05, 0) is 19.8 Å². The predicted octanol–water partition coefficient (Wildman–Crippen LogP) is 2.29. The van der Waals surface area contributed by atoms with Gasteiger partial charge in [-0.25, -0.2) is 0 Å². The highest BCUT2D eigenvalue weighted by atomic mass is 16.4. The molecule has 1 N–H and O–H groups in total. The lowest BCUT2D eigenvalue weighted by atomic mass is 9.81. The Morgan fingerprint density at radius 3 is 2.50 bits per heavy atom. The average molecular weight is 168 g/mol. The minimum atomic E-state index is -0.736. The van der Waals surface area contributed by atoms with Gasteiger partial charge in [-0.2, -0.15) is 0 Å². The van der Waals surface area contributed by atoms with Gasteiger partial charge in [0.05, 0.1) is 5.41 Å². The first-order valence-corrected chi connectivity index (χ1v) is 4.23. The highest BCUT2D eigenvalue weighted by Crippen LogP contribution is 2.28. The van der Waals surface area contributed by atoms with Gasteiger partial charge in [-0.3, -0.25) is 4.79 Å². The SMILES string of the molecule is C#CCCC(C)(CCC)C(=O)O. The van der Waals surface area contributed by atoms with Crippen LogP contribution in [0.15, 0.2) is 0 Å². The van der Waals surface area contributed by atoms with Crippen molar-refractivity contribution in [2.75, 3.05) is 0 Å². The van der Waals surface area contributed by atoms with Gasteiger partial charge in [-0.1, -0.05) is 13.3 Å². The predicted molar refractivity (Wildman–Crippen MR) is 48.7 cm³/mol. The summed E-state index contributed by atoms with van der Waals surface area (Å²) in [7, 11) is 0. The molecule has 0 heterocycles. The summed E-state index contributed by atoms with van der Waals surface area (Å²) >= 11 is 0. The van der Waals surface area contributed by atoms with Crippen LogP contribution in [-0.4, -0.2) is 11.1 Å². The maximum Gasteiger partial charge on any atom is 0.309 e. The molecule has 0 spiro atoms. The molecule has 0 aromatic carbocycles. The van der Waals surface area contributed by atoms with Crippen LogP contribution in [-0.2, 0) is 4.79 Å². The van der Waals surface area contributed by atoms with Gasteiger partial charge in [0.25, 0.3) is 0 Å². The standard InChI is InChI=1S/C10H16O2/c1-4-6-8-10(3,7-5-2)9(11)12/h1H,5-8H2,2-3H3,(H,11,12). The van der Waals surface area contributed by atoms with Crippen molar-refractivity contribution in [2.24, 2.45) is 5.41 Å². The van der Waals surface area contributed by atoms with E-state index in [-0.39, 0.29) is 0 Å². The highest BCUT2D eigenvalue weighted by Gasteiger charge is 2.30. The van der Waals surface area contributed by atoms with Crippen LogP contribution in [0, 0.1) is 17.8 Å². The molecule has 0 aromatic heterocycles. The van der Waals surface area contributed by atoms with Gasteiger partial charge in [0, 0.05) is 6.42 Å². The van der Waals surface area contributed by atoms with Crippen molar-refractivity contribution in [3.05, 3.63) is 0 Å². The summed E-state index contributed by atoms with van der Waals surface area (Å²) in [6.07, 6.45) is 7.79. The first-order chi connectivity index (χ1) is 5.56. The van der Waals surface area contributed by atoms with E-state index in [0.717, 1.165) is 6.42 Å². The van der Waals surface area contributed by atoms with Gasteiger partial charge in [-0.15, -0.1) is 12.3 Å². The second kappa shape index (κ2) is 4.82. The van der Waals surface area contributed by atoms with Crippen LogP contribution in [0.25, 0.3) is 0 Å². The molecule has 12 heavy (non-hydrogen) atoms. The van der Waals surface area contributed by atoms with E-state index >= 15 is 0 Å². The zero-order valence-corrected chi connectivity index (χ0v) is 7.76. The molecule has 2 heteroatoms. The summed E-state index contributed by atoms with van der Waals surface area (Å²) in [6, 6.07) is 0. The molecule has 2 nitrogen and oxygen atoms in total. The Kier molecular flexibility index (Phi) is 4.43. The summed E-state index contributed by atoms with van der Waals surface area (Å²) in [6.45, 7) is 3.74. The molecule has 0 aliphatic carbocycles. The van der Waals surface area contributed by atoms with E-state index < -0.39 is 11.4 Å². The Morgan fingerprint density at radius 1 is 1.58 bits per heavy atom. The van der Waals surface area contributed by atoms with E-state index in [1.54, 1.807) is 6.92 Å². The lowest BCUT2D eigenvalue weighted by Gasteiger charge is -2.22. The van der Waals surface area contributed by atoms with E-state index in [9.17, 15) is 4.79 Å². The van der Waals surface area contributed by atoms with Crippen molar-refractivity contribution < 1.29 is 9.90 Å². The molecule has 0 fully saturated rings. The number of hydrogen-bond donors (Lipinski definition) is 1. The number of carboxylic acid groups (broad SMARTS) is 1. The van der Waals surface area contributed by atoms with Crippen molar-refractivity contribution in [1.29, 1.82) is 0 Å². The van der Waals surface area contributed by atoms with E-state index in [2.05, 4.69) is 5.92 Å². The normalized spacial score (nSPS) is 14.8. The summed E-state index contributed by atoms with van der Waals surface area (Å²) < 4.78 is 0. The van der Waals surface area contributed by atoms with Crippen LogP contribution in [0.1, 0.15) is 39.5 Å². The Balaban J connectivity index is 4.20. The fourth-order valence-corrected chi connectivity index (χ4v) is 1.24. The van der Waals surface area contributed by atoms with E-state index in [1.165, 1.54) is 0 Å². The van der Waals surface area contributed by atoms with Crippen molar-refractivity contribution >= 4 is 5.97 Å². The molecule has 0 aromatic rings. The van der Waals surface area contributed by atoms with E-state index in [0.29, 0.717) is 19.3 Å². The summed E-state index contributed by atoms with van der Waals surface area (Å²) in [5.74, 6) is 1.74.